The standard InChI is InChI=1S/C18H19BrN2O5/c1-20-12(18(23)21-7-5-6-11(19)17(21)22)8-10-9-13(24-2)15(25-3)16(26-4)14(10)20/h6,8-9H,5,7H2,1-4H3. The van der Waals surface area contributed by atoms with Crippen molar-refractivity contribution in [3.8, 4) is 17.2 Å². The monoisotopic (exact) mass is 422 g/mol. The van der Waals surface area contributed by atoms with Crippen molar-refractivity contribution in [1.29, 1.82) is 0 Å². The number of amides is 2. The Morgan fingerprint density at radius 3 is 2.42 bits per heavy atom. The molecule has 1 aliphatic heterocycles. The summed E-state index contributed by atoms with van der Waals surface area (Å²) in [5.41, 5.74) is 1.07. The molecule has 0 saturated carbocycles. The summed E-state index contributed by atoms with van der Waals surface area (Å²) in [7, 11) is 6.34. The van der Waals surface area contributed by atoms with E-state index in [-0.39, 0.29) is 11.8 Å². The molecule has 0 atom stereocenters. The van der Waals surface area contributed by atoms with Gasteiger partial charge in [0.05, 0.1) is 31.3 Å². The Hall–Kier alpha value is -2.48. The lowest BCUT2D eigenvalue weighted by atomic mass is 10.2. The molecular formula is C18H19BrN2O5. The van der Waals surface area contributed by atoms with Crippen LogP contribution in [0.4, 0.5) is 0 Å². The van der Waals surface area contributed by atoms with Crippen LogP contribution in [0, 0.1) is 0 Å². The molecule has 138 valence electrons. The van der Waals surface area contributed by atoms with Crippen LogP contribution in [0.25, 0.3) is 10.9 Å². The van der Waals surface area contributed by atoms with Gasteiger partial charge in [-0.3, -0.25) is 14.5 Å². The van der Waals surface area contributed by atoms with Crippen LogP contribution in [0.2, 0.25) is 0 Å². The summed E-state index contributed by atoms with van der Waals surface area (Å²) in [6.07, 6.45) is 2.39. The Labute approximate surface area is 159 Å². The number of benzene rings is 1. The van der Waals surface area contributed by atoms with Crippen LogP contribution in [0.15, 0.2) is 22.7 Å². The highest BCUT2D eigenvalue weighted by atomic mass is 79.9. The normalized spacial score (nSPS) is 14.4. The van der Waals surface area contributed by atoms with Crippen molar-refractivity contribution in [2.45, 2.75) is 6.42 Å². The molecule has 0 aliphatic carbocycles. The largest absolute Gasteiger partial charge is 0.493 e. The fourth-order valence-corrected chi connectivity index (χ4v) is 3.60. The number of carbonyl (C=O) groups is 2. The van der Waals surface area contributed by atoms with E-state index in [0.717, 1.165) is 5.39 Å². The third-order valence-corrected chi connectivity index (χ3v) is 5.08. The van der Waals surface area contributed by atoms with Crippen molar-refractivity contribution in [1.82, 2.24) is 9.47 Å². The van der Waals surface area contributed by atoms with Gasteiger partial charge in [-0.2, -0.15) is 0 Å². The highest BCUT2D eigenvalue weighted by Crippen LogP contribution is 2.44. The number of aromatic nitrogens is 1. The second kappa shape index (κ2) is 7.03. The summed E-state index contributed by atoms with van der Waals surface area (Å²) in [6.45, 7) is 0.345. The topological polar surface area (TPSA) is 70.0 Å². The van der Waals surface area contributed by atoms with E-state index in [0.29, 0.717) is 45.9 Å². The van der Waals surface area contributed by atoms with Crippen LogP contribution in [0.3, 0.4) is 0 Å². The molecule has 1 aromatic carbocycles. The van der Waals surface area contributed by atoms with E-state index in [1.165, 1.54) is 26.2 Å². The van der Waals surface area contributed by atoms with E-state index in [2.05, 4.69) is 15.9 Å². The number of ether oxygens (including phenoxy) is 3. The fourth-order valence-electron chi connectivity index (χ4n) is 3.16. The minimum absolute atomic E-state index is 0.339. The van der Waals surface area contributed by atoms with Crippen LogP contribution in [0.5, 0.6) is 17.2 Å². The maximum absolute atomic E-state index is 13.0. The molecule has 2 aromatic rings. The molecule has 3 rings (SSSR count). The molecule has 1 aromatic heterocycles. The van der Waals surface area contributed by atoms with Crippen molar-refractivity contribution in [2.24, 2.45) is 7.05 Å². The Bertz CT molecular complexity index is 932. The molecule has 0 saturated heterocycles. The zero-order valence-electron chi connectivity index (χ0n) is 15.0. The van der Waals surface area contributed by atoms with Gasteiger partial charge in [-0.25, -0.2) is 0 Å². The van der Waals surface area contributed by atoms with Crippen molar-refractivity contribution >= 4 is 38.6 Å². The number of carbonyl (C=O) groups excluding carboxylic acids is 2. The zero-order valence-corrected chi connectivity index (χ0v) is 16.5. The number of rotatable bonds is 4. The first-order valence-corrected chi connectivity index (χ1v) is 8.74. The van der Waals surface area contributed by atoms with Crippen LogP contribution >= 0.6 is 15.9 Å². The molecule has 2 heterocycles. The molecule has 0 N–H and O–H groups in total. The van der Waals surface area contributed by atoms with E-state index in [1.807, 2.05) is 0 Å². The number of hydrogen-bond acceptors (Lipinski definition) is 5. The average Bonchev–Trinajstić information content (AvgIpc) is 2.98. The maximum Gasteiger partial charge on any atom is 0.277 e. The van der Waals surface area contributed by atoms with Gasteiger partial charge in [0, 0.05) is 19.0 Å². The summed E-state index contributed by atoms with van der Waals surface area (Å²) in [5.74, 6) is 0.713. The number of hydrogen-bond donors (Lipinski definition) is 0. The van der Waals surface area contributed by atoms with E-state index in [9.17, 15) is 9.59 Å². The number of aryl methyl sites for hydroxylation is 1. The van der Waals surface area contributed by atoms with E-state index in [4.69, 9.17) is 14.2 Å². The van der Waals surface area contributed by atoms with Crippen molar-refractivity contribution < 1.29 is 23.8 Å². The molecule has 2 amide bonds. The summed E-state index contributed by atoms with van der Waals surface area (Å²) in [6, 6.07) is 3.50. The Morgan fingerprint density at radius 2 is 1.81 bits per heavy atom. The fraction of sp³-hybridized carbons (Fsp3) is 0.333. The molecule has 0 bridgehead atoms. The van der Waals surface area contributed by atoms with E-state index >= 15 is 0 Å². The zero-order chi connectivity index (χ0) is 19.0. The second-order valence-corrected chi connectivity index (χ2v) is 6.63. The van der Waals surface area contributed by atoms with Gasteiger partial charge in [0.15, 0.2) is 11.5 Å². The third kappa shape index (κ3) is 2.74. The van der Waals surface area contributed by atoms with Gasteiger partial charge in [-0.1, -0.05) is 6.08 Å². The minimum Gasteiger partial charge on any atom is -0.493 e. The quantitative estimate of drug-likeness (QED) is 0.708. The number of fused-ring (bicyclic) bond motifs is 1. The van der Waals surface area contributed by atoms with Crippen LogP contribution in [-0.2, 0) is 11.8 Å². The van der Waals surface area contributed by atoms with Crippen LogP contribution < -0.4 is 14.2 Å². The van der Waals surface area contributed by atoms with E-state index in [1.54, 1.807) is 29.8 Å². The third-order valence-electron chi connectivity index (χ3n) is 4.41. The maximum atomic E-state index is 13.0. The number of methoxy groups -OCH3 is 3. The second-order valence-electron chi connectivity index (χ2n) is 5.77. The summed E-state index contributed by atoms with van der Waals surface area (Å²) >= 11 is 3.21. The Balaban J connectivity index is 2.17. The molecule has 7 nitrogen and oxygen atoms in total. The molecule has 0 unspecified atom stereocenters. The summed E-state index contributed by atoms with van der Waals surface area (Å²) in [5, 5.41) is 0.754. The highest BCUT2D eigenvalue weighted by Gasteiger charge is 2.30. The van der Waals surface area contributed by atoms with Crippen molar-refractivity contribution in [3.63, 3.8) is 0 Å². The molecule has 8 heteroatoms. The highest BCUT2D eigenvalue weighted by molar-refractivity contribution is 9.12. The predicted molar refractivity (Wildman–Crippen MR) is 100 cm³/mol. The van der Waals surface area contributed by atoms with Gasteiger partial charge < -0.3 is 18.8 Å². The first kappa shape index (κ1) is 18.3. The van der Waals surface area contributed by atoms with E-state index < -0.39 is 0 Å². The van der Waals surface area contributed by atoms with Gasteiger partial charge in [-0.05, 0) is 34.5 Å². The summed E-state index contributed by atoms with van der Waals surface area (Å²) in [4.78, 5) is 26.5. The number of imide groups is 1. The van der Waals surface area contributed by atoms with Crippen LogP contribution in [-0.4, -0.2) is 49.2 Å². The number of halogens is 1. The first-order chi connectivity index (χ1) is 12.4. The summed E-state index contributed by atoms with van der Waals surface area (Å²) < 4.78 is 18.4. The lowest BCUT2D eigenvalue weighted by molar-refractivity contribution is -0.124. The van der Waals surface area contributed by atoms with Gasteiger partial charge in [0.1, 0.15) is 5.69 Å². The molecule has 0 radical (unpaired) electrons. The van der Waals surface area contributed by atoms with Crippen molar-refractivity contribution in [2.75, 3.05) is 27.9 Å². The molecule has 0 fully saturated rings. The number of nitrogens with zero attached hydrogens (tertiary/aromatic N) is 2. The molecule has 1 aliphatic rings. The molecule has 0 spiro atoms. The minimum atomic E-state index is -0.362. The smallest absolute Gasteiger partial charge is 0.277 e. The first-order valence-electron chi connectivity index (χ1n) is 7.94. The van der Waals surface area contributed by atoms with Crippen molar-refractivity contribution in [3.05, 3.63) is 28.4 Å². The van der Waals surface area contributed by atoms with Gasteiger partial charge in [0.2, 0.25) is 5.75 Å². The van der Waals surface area contributed by atoms with Gasteiger partial charge in [-0.15, -0.1) is 0 Å². The lowest BCUT2D eigenvalue weighted by Gasteiger charge is -2.23. The average molecular weight is 423 g/mol. The SMILES string of the molecule is COc1cc2cc(C(=O)N3CCC=C(Br)C3=O)n(C)c2c(OC)c1OC. The molecular weight excluding hydrogens is 404 g/mol. The predicted octanol–water partition coefficient (Wildman–Crippen LogP) is 2.86. The van der Waals surface area contributed by atoms with Gasteiger partial charge in [0.25, 0.3) is 11.8 Å². The van der Waals surface area contributed by atoms with Gasteiger partial charge >= 0.3 is 0 Å². The molecule has 26 heavy (non-hydrogen) atoms. The Kier molecular flexibility index (Phi) is 4.95. The Morgan fingerprint density at radius 1 is 1.12 bits per heavy atom. The lowest BCUT2D eigenvalue weighted by Crippen LogP contribution is -2.40. The van der Waals surface area contributed by atoms with Crippen LogP contribution in [0.1, 0.15) is 16.9 Å².